The van der Waals surface area contributed by atoms with Gasteiger partial charge in [-0.3, -0.25) is 0 Å². The number of carbonyl (C=O) groups is 2. The van der Waals surface area contributed by atoms with Crippen LogP contribution in [0.4, 0.5) is 0 Å². The van der Waals surface area contributed by atoms with Crippen LogP contribution >= 0.6 is 15.9 Å². The molecule has 0 atom stereocenters. The number of aromatic carboxylic acids is 2. The van der Waals surface area contributed by atoms with Crippen molar-refractivity contribution in [3.05, 3.63) is 69.2 Å². The minimum atomic E-state index is -1.14. The zero-order chi connectivity index (χ0) is 14.7. The second-order valence-corrected chi connectivity index (χ2v) is 5.25. The van der Waals surface area contributed by atoms with Crippen LogP contribution in [0.3, 0.4) is 0 Å². The Kier molecular flexibility index (Phi) is 4.20. The molecule has 5 heteroatoms. The third-order valence-corrected chi connectivity index (χ3v) is 3.28. The summed E-state index contributed by atoms with van der Waals surface area (Å²) < 4.78 is 0.919. The fraction of sp³-hybridized carbons (Fsp3) is 0.0667. The van der Waals surface area contributed by atoms with Gasteiger partial charge in [0, 0.05) is 4.47 Å². The average Bonchev–Trinajstić information content (AvgIpc) is 2.38. The van der Waals surface area contributed by atoms with Gasteiger partial charge in [0.05, 0.1) is 11.1 Å². The Hall–Kier alpha value is -2.14. The van der Waals surface area contributed by atoms with Crippen molar-refractivity contribution < 1.29 is 19.8 Å². The van der Waals surface area contributed by atoms with Gasteiger partial charge in [-0.1, -0.05) is 28.1 Å². The predicted molar refractivity (Wildman–Crippen MR) is 77.3 cm³/mol. The number of hydrogen-bond acceptors (Lipinski definition) is 2. The molecule has 0 unspecified atom stereocenters. The molecule has 0 bridgehead atoms. The molecule has 4 nitrogen and oxygen atoms in total. The fourth-order valence-electron chi connectivity index (χ4n) is 1.92. The van der Waals surface area contributed by atoms with E-state index in [1.165, 1.54) is 12.1 Å². The molecule has 0 spiro atoms. The Balaban J connectivity index is 2.40. The van der Waals surface area contributed by atoms with Gasteiger partial charge in [0.25, 0.3) is 0 Å². The predicted octanol–water partition coefficient (Wildman–Crippen LogP) is 3.44. The summed E-state index contributed by atoms with van der Waals surface area (Å²) in [5.74, 6) is -2.27. The summed E-state index contributed by atoms with van der Waals surface area (Å²) in [4.78, 5) is 22.1. The van der Waals surface area contributed by atoms with Crippen molar-refractivity contribution in [2.75, 3.05) is 0 Å². The van der Waals surface area contributed by atoms with Gasteiger partial charge in [0.1, 0.15) is 0 Å². The lowest BCUT2D eigenvalue weighted by atomic mass is 10.00. The number of rotatable bonds is 4. The molecule has 2 N–H and O–H groups in total. The van der Waals surface area contributed by atoms with Crippen LogP contribution < -0.4 is 0 Å². The van der Waals surface area contributed by atoms with Crippen LogP contribution in [0.15, 0.2) is 46.9 Å². The lowest BCUT2D eigenvalue weighted by Crippen LogP contribution is -2.04. The summed E-state index contributed by atoms with van der Waals surface area (Å²) in [5.41, 5.74) is 1.59. The highest BCUT2D eigenvalue weighted by Crippen LogP contribution is 2.18. The fourth-order valence-corrected chi connectivity index (χ4v) is 2.37. The van der Waals surface area contributed by atoms with Gasteiger partial charge < -0.3 is 10.2 Å². The summed E-state index contributed by atoms with van der Waals surface area (Å²) in [6, 6.07) is 11.7. The van der Waals surface area contributed by atoms with Crippen molar-refractivity contribution in [3.63, 3.8) is 0 Å². The molecule has 0 aliphatic carbocycles. The maximum absolute atomic E-state index is 11.0. The molecule has 0 fully saturated rings. The van der Waals surface area contributed by atoms with Gasteiger partial charge in [-0.15, -0.1) is 0 Å². The smallest absolute Gasteiger partial charge is 0.335 e. The van der Waals surface area contributed by atoms with Gasteiger partial charge in [-0.25, -0.2) is 9.59 Å². The molecule has 2 aromatic carbocycles. The second-order valence-electron chi connectivity index (χ2n) is 4.34. The van der Waals surface area contributed by atoms with Crippen molar-refractivity contribution in [2.24, 2.45) is 0 Å². The lowest BCUT2D eigenvalue weighted by Gasteiger charge is -2.06. The van der Waals surface area contributed by atoms with Crippen LogP contribution in [-0.4, -0.2) is 22.2 Å². The maximum Gasteiger partial charge on any atom is 0.335 e. The summed E-state index contributed by atoms with van der Waals surface area (Å²) in [6.07, 6.45) is 0.473. The van der Waals surface area contributed by atoms with E-state index < -0.39 is 11.9 Å². The molecular formula is C15H11BrO4. The van der Waals surface area contributed by atoms with Gasteiger partial charge >= 0.3 is 11.9 Å². The Bertz CT molecular complexity index is 647. The third-order valence-electron chi connectivity index (χ3n) is 2.78. The van der Waals surface area contributed by atoms with Gasteiger partial charge in [-0.2, -0.15) is 0 Å². The van der Waals surface area contributed by atoms with Crippen LogP contribution in [-0.2, 0) is 6.42 Å². The van der Waals surface area contributed by atoms with E-state index in [0.717, 1.165) is 16.1 Å². The molecule has 0 heterocycles. The summed E-state index contributed by atoms with van der Waals surface area (Å²) >= 11 is 3.36. The molecule has 2 rings (SSSR count). The number of hydrogen-bond donors (Lipinski definition) is 2. The van der Waals surface area contributed by atoms with Crippen molar-refractivity contribution in [1.82, 2.24) is 0 Å². The van der Waals surface area contributed by atoms with E-state index in [4.69, 9.17) is 10.2 Å². The van der Waals surface area contributed by atoms with E-state index in [-0.39, 0.29) is 11.1 Å². The van der Waals surface area contributed by atoms with E-state index in [0.29, 0.717) is 12.0 Å². The topological polar surface area (TPSA) is 74.6 Å². The molecule has 0 aromatic heterocycles. The largest absolute Gasteiger partial charge is 0.478 e. The third kappa shape index (κ3) is 3.45. The standard InChI is InChI=1S/C15H11BrO4/c16-13-3-1-2-9(7-13)4-10-5-11(14(17)18)8-12(6-10)15(19)20/h1-3,5-8H,4H2,(H,17,18)(H,19,20). The SMILES string of the molecule is O=C(O)c1cc(Cc2cccc(Br)c2)cc(C(=O)O)c1. The molecule has 0 amide bonds. The highest BCUT2D eigenvalue weighted by molar-refractivity contribution is 9.10. The molecule has 0 aliphatic heterocycles. The van der Waals surface area contributed by atoms with Crippen LogP contribution in [0.2, 0.25) is 0 Å². The van der Waals surface area contributed by atoms with Gasteiger partial charge in [-0.05, 0) is 47.9 Å². The van der Waals surface area contributed by atoms with Crippen LogP contribution in [0.5, 0.6) is 0 Å². The van der Waals surface area contributed by atoms with Gasteiger partial charge in [0.15, 0.2) is 0 Å². The van der Waals surface area contributed by atoms with Crippen molar-refractivity contribution >= 4 is 27.9 Å². The van der Waals surface area contributed by atoms with Crippen LogP contribution in [0.25, 0.3) is 0 Å². The minimum Gasteiger partial charge on any atom is -0.478 e. The van der Waals surface area contributed by atoms with E-state index in [1.807, 2.05) is 24.3 Å². The van der Waals surface area contributed by atoms with Gasteiger partial charge in [0.2, 0.25) is 0 Å². The maximum atomic E-state index is 11.0. The van der Waals surface area contributed by atoms with E-state index in [2.05, 4.69) is 15.9 Å². The summed E-state index contributed by atoms with van der Waals surface area (Å²) in [7, 11) is 0. The Morgan fingerprint density at radius 3 is 2.00 bits per heavy atom. The molecule has 0 saturated carbocycles. The number of halogens is 1. The quantitative estimate of drug-likeness (QED) is 0.898. The molecule has 102 valence electrons. The summed E-state index contributed by atoms with van der Waals surface area (Å²) in [6.45, 7) is 0. The first-order valence-corrected chi connectivity index (χ1v) is 6.60. The lowest BCUT2D eigenvalue weighted by molar-refractivity contribution is 0.0696. The first kappa shape index (κ1) is 14.3. The number of benzene rings is 2. The first-order valence-electron chi connectivity index (χ1n) is 5.80. The Morgan fingerprint density at radius 2 is 1.50 bits per heavy atom. The normalized spacial score (nSPS) is 10.2. The molecular weight excluding hydrogens is 324 g/mol. The first-order chi connectivity index (χ1) is 9.45. The second kappa shape index (κ2) is 5.88. The Morgan fingerprint density at radius 1 is 0.900 bits per heavy atom. The highest BCUT2D eigenvalue weighted by Gasteiger charge is 2.11. The monoisotopic (exact) mass is 334 g/mol. The van der Waals surface area contributed by atoms with E-state index in [9.17, 15) is 9.59 Å². The van der Waals surface area contributed by atoms with Crippen molar-refractivity contribution in [3.8, 4) is 0 Å². The van der Waals surface area contributed by atoms with Crippen LogP contribution in [0.1, 0.15) is 31.8 Å². The molecule has 0 saturated heterocycles. The molecule has 20 heavy (non-hydrogen) atoms. The van der Waals surface area contributed by atoms with Crippen molar-refractivity contribution in [1.29, 1.82) is 0 Å². The number of carboxylic acids is 2. The zero-order valence-corrected chi connectivity index (χ0v) is 11.9. The highest BCUT2D eigenvalue weighted by atomic mass is 79.9. The van der Waals surface area contributed by atoms with E-state index >= 15 is 0 Å². The van der Waals surface area contributed by atoms with Crippen molar-refractivity contribution in [2.45, 2.75) is 6.42 Å². The molecule has 0 radical (unpaired) electrons. The average molecular weight is 335 g/mol. The zero-order valence-electron chi connectivity index (χ0n) is 10.3. The Labute approximate surface area is 123 Å². The minimum absolute atomic E-state index is 0.0186. The molecule has 2 aromatic rings. The summed E-state index contributed by atoms with van der Waals surface area (Å²) in [5, 5.41) is 18.1. The van der Waals surface area contributed by atoms with E-state index in [1.54, 1.807) is 0 Å². The number of carboxylic acid groups (broad SMARTS) is 2. The van der Waals surface area contributed by atoms with Crippen LogP contribution in [0, 0.1) is 0 Å². The molecule has 0 aliphatic rings.